The van der Waals surface area contributed by atoms with Crippen LogP contribution in [0.1, 0.15) is 15.9 Å². The summed E-state index contributed by atoms with van der Waals surface area (Å²) in [6, 6.07) is 8.80. The second-order valence-corrected chi connectivity index (χ2v) is 6.89. The van der Waals surface area contributed by atoms with Gasteiger partial charge in [-0.25, -0.2) is 4.39 Å². The third-order valence-electron chi connectivity index (χ3n) is 4.54. The molecule has 7 nitrogen and oxygen atoms in total. The Labute approximate surface area is 184 Å². The zero-order valence-electron chi connectivity index (χ0n) is 17.1. The van der Waals surface area contributed by atoms with E-state index >= 15 is 0 Å². The first kappa shape index (κ1) is 23.8. The average molecular weight is 463 g/mol. The third-order valence-corrected chi connectivity index (χ3v) is 4.54. The Morgan fingerprint density at radius 3 is 2.45 bits per heavy atom. The van der Waals surface area contributed by atoms with Gasteiger partial charge in [0.1, 0.15) is 23.7 Å². The zero-order valence-corrected chi connectivity index (χ0v) is 17.1. The van der Waals surface area contributed by atoms with Gasteiger partial charge in [-0.1, -0.05) is 18.2 Å². The molecular weight excluding hydrogens is 446 g/mol. The molecule has 3 rings (SSSR count). The third kappa shape index (κ3) is 5.50. The van der Waals surface area contributed by atoms with Crippen LogP contribution in [0.2, 0.25) is 0 Å². The molecule has 11 heteroatoms. The predicted octanol–water partition coefficient (Wildman–Crippen LogP) is 3.00. The Kier molecular flexibility index (Phi) is 7.02. The standard InChI is InChI=1S/C22H17F4N3O4/c1-33-12-16(11-30)27-20(31)18-10-19(13-5-7-14(8-6-13)22(24,25)26)28-29(21(18)32)17-4-2-3-15(23)9-17/h2-11,16H,12H2,1H3,(H,27,31)/t16-/m1/s1. The van der Waals surface area contributed by atoms with Crippen LogP contribution in [0.15, 0.2) is 59.4 Å². The van der Waals surface area contributed by atoms with Crippen LogP contribution < -0.4 is 10.9 Å². The number of ether oxygens (including phenoxy) is 1. The molecule has 0 radical (unpaired) electrons. The number of amides is 1. The number of aldehydes is 1. The van der Waals surface area contributed by atoms with Crippen molar-refractivity contribution in [3.8, 4) is 16.9 Å². The Bertz CT molecular complexity index is 1220. The lowest BCUT2D eigenvalue weighted by Gasteiger charge is -2.14. The predicted molar refractivity (Wildman–Crippen MR) is 109 cm³/mol. The molecule has 0 saturated carbocycles. The van der Waals surface area contributed by atoms with Crippen LogP contribution in [0.5, 0.6) is 0 Å². The minimum absolute atomic E-state index is 0.00774. The molecule has 1 amide bonds. The summed E-state index contributed by atoms with van der Waals surface area (Å²) in [4.78, 5) is 36.9. The lowest BCUT2D eigenvalue weighted by molar-refractivity contribution is -0.137. The number of carbonyl (C=O) groups is 2. The minimum atomic E-state index is -4.55. The van der Waals surface area contributed by atoms with Crippen molar-refractivity contribution < 1.29 is 31.9 Å². The largest absolute Gasteiger partial charge is 0.416 e. The maximum Gasteiger partial charge on any atom is 0.416 e. The van der Waals surface area contributed by atoms with Crippen molar-refractivity contribution in [2.24, 2.45) is 0 Å². The summed E-state index contributed by atoms with van der Waals surface area (Å²) >= 11 is 0. The Balaban J connectivity index is 2.15. The Morgan fingerprint density at radius 2 is 1.88 bits per heavy atom. The highest BCUT2D eigenvalue weighted by Gasteiger charge is 2.30. The quantitative estimate of drug-likeness (QED) is 0.430. The molecular formula is C22H17F4N3O4. The monoisotopic (exact) mass is 463 g/mol. The van der Waals surface area contributed by atoms with E-state index in [9.17, 15) is 31.9 Å². The van der Waals surface area contributed by atoms with Crippen LogP contribution in [0.4, 0.5) is 17.6 Å². The molecule has 33 heavy (non-hydrogen) atoms. The number of rotatable bonds is 7. The first-order valence-electron chi connectivity index (χ1n) is 9.47. The number of hydrogen-bond donors (Lipinski definition) is 1. The summed E-state index contributed by atoms with van der Waals surface area (Å²) in [5, 5.41) is 6.43. The van der Waals surface area contributed by atoms with E-state index in [0.717, 1.165) is 47.1 Å². The first-order chi connectivity index (χ1) is 15.6. The Morgan fingerprint density at radius 1 is 1.18 bits per heavy atom. The number of nitrogens with one attached hydrogen (secondary N) is 1. The van der Waals surface area contributed by atoms with Crippen molar-refractivity contribution in [2.75, 3.05) is 13.7 Å². The van der Waals surface area contributed by atoms with E-state index in [-0.39, 0.29) is 23.6 Å². The van der Waals surface area contributed by atoms with Crippen molar-refractivity contribution in [3.05, 3.63) is 81.9 Å². The number of halogens is 4. The average Bonchev–Trinajstić information content (AvgIpc) is 2.78. The number of aromatic nitrogens is 2. The molecule has 1 aromatic heterocycles. The molecule has 172 valence electrons. The van der Waals surface area contributed by atoms with Crippen molar-refractivity contribution in [2.45, 2.75) is 12.2 Å². The highest BCUT2D eigenvalue weighted by atomic mass is 19.4. The lowest BCUT2D eigenvalue weighted by atomic mass is 10.1. The van der Waals surface area contributed by atoms with Crippen molar-refractivity contribution in [1.29, 1.82) is 0 Å². The molecule has 1 heterocycles. The van der Waals surface area contributed by atoms with E-state index in [0.29, 0.717) is 6.29 Å². The number of alkyl halides is 3. The van der Waals surface area contributed by atoms with E-state index in [4.69, 9.17) is 4.74 Å². The van der Waals surface area contributed by atoms with Gasteiger partial charge >= 0.3 is 6.18 Å². The summed E-state index contributed by atoms with van der Waals surface area (Å²) in [7, 11) is 1.31. The molecule has 0 aliphatic heterocycles. The highest BCUT2D eigenvalue weighted by molar-refractivity contribution is 5.96. The van der Waals surface area contributed by atoms with Gasteiger partial charge in [-0.15, -0.1) is 0 Å². The van der Waals surface area contributed by atoms with Gasteiger partial charge in [-0.2, -0.15) is 23.0 Å². The van der Waals surface area contributed by atoms with Crippen LogP contribution >= 0.6 is 0 Å². The van der Waals surface area contributed by atoms with Crippen LogP contribution in [-0.4, -0.2) is 41.7 Å². The molecule has 0 bridgehead atoms. The molecule has 0 spiro atoms. The normalized spacial score (nSPS) is 12.3. The lowest BCUT2D eigenvalue weighted by Crippen LogP contribution is -2.42. The van der Waals surface area contributed by atoms with E-state index < -0.39 is 40.6 Å². The summed E-state index contributed by atoms with van der Waals surface area (Å²) in [5.74, 6) is -1.61. The SMILES string of the molecule is COC[C@@H](C=O)NC(=O)c1cc(-c2ccc(C(F)(F)F)cc2)nn(-c2cccc(F)c2)c1=O. The van der Waals surface area contributed by atoms with E-state index in [1.54, 1.807) is 0 Å². The molecule has 0 aliphatic rings. The molecule has 3 aromatic rings. The number of carbonyl (C=O) groups excluding carboxylic acids is 2. The van der Waals surface area contributed by atoms with Gasteiger partial charge in [0.05, 0.1) is 23.6 Å². The van der Waals surface area contributed by atoms with Crippen LogP contribution in [0, 0.1) is 5.82 Å². The molecule has 0 aliphatic carbocycles. The topological polar surface area (TPSA) is 90.3 Å². The molecule has 2 aromatic carbocycles. The molecule has 0 unspecified atom stereocenters. The fourth-order valence-corrected chi connectivity index (χ4v) is 2.95. The van der Waals surface area contributed by atoms with Gasteiger partial charge in [0.25, 0.3) is 11.5 Å². The van der Waals surface area contributed by atoms with Crippen molar-refractivity contribution in [1.82, 2.24) is 15.1 Å². The van der Waals surface area contributed by atoms with Gasteiger partial charge < -0.3 is 14.8 Å². The number of benzene rings is 2. The highest BCUT2D eigenvalue weighted by Crippen LogP contribution is 2.30. The van der Waals surface area contributed by atoms with Gasteiger partial charge in [0.15, 0.2) is 0 Å². The van der Waals surface area contributed by atoms with E-state index in [1.807, 2.05) is 0 Å². The number of nitrogens with zero attached hydrogens (tertiary/aromatic N) is 2. The molecule has 0 fully saturated rings. The maximum absolute atomic E-state index is 13.7. The maximum atomic E-state index is 13.7. The van der Waals surface area contributed by atoms with Gasteiger partial charge in [0.2, 0.25) is 0 Å². The molecule has 1 N–H and O–H groups in total. The summed E-state index contributed by atoms with van der Waals surface area (Å²) < 4.78 is 58.0. The molecule has 1 atom stereocenters. The van der Waals surface area contributed by atoms with E-state index in [2.05, 4.69) is 10.4 Å². The fourth-order valence-electron chi connectivity index (χ4n) is 2.95. The van der Waals surface area contributed by atoms with Crippen molar-refractivity contribution in [3.63, 3.8) is 0 Å². The number of methoxy groups -OCH3 is 1. The first-order valence-corrected chi connectivity index (χ1v) is 9.47. The van der Waals surface area contributed by atoms with Crippen LogP contribution in [-0.2, 0) is 15.7 Å². The minimum Gasteiger partial charge on any atom is -0.382 e. The van der Waals surface area contributed by atoms with Gasteiger partial charge in [-0.05, 0) is 36.4 Å². The fraction of sp³-hybridized carbons (Fsp3) is 0.182. The van der Waals surface area contributed by atoms with Crippen LogP contribution in [0.25, 0.3) is 16.9 Å². The molecule has 0 saturated heterocycles. The smallest absolute Gasteiger partial charge is 0.382 e. The van der Waals surface area contributed by atoms with Crippen LogP contribution in [0.3, 0.4) is 0 Å². The zero-order chi connectivity index (χ0) is 24.2. The van der Waals surface area contributed by atoms with Gasteiger partial charge in [-0.3, -0.25) is 9.59 Å². The summed E-state index contributed by atoms with van der Waals surface area (Å²) in [6.07, 6.45) is -4.13. The second kappa shape index (κ2) is 9.74. The van der Waals surface area contributed by atoms with Gasteiger partial charge in [0, 0.05) is 12.7 Å². The van der Waals surface area contributed by atoms with E-state index in [1.165, 1.54) is 19.2 Å². The summed E-state index contributed by atoms with van der Waals surface area (Å²) in [6.45, 7) is -0.149. The second-order valence-electron chi connectivity index (χ2n) is 6.89. The number of hydrogen-bond acceptors (Lipinski definition) is 5. The Hall–Kier alpha value is -3.86. The van der Waals surface area contributed by atoms with Crippen molar-refractivity contribution >= 4 is 12.2 Å². The summed E-state index contributed by atoms with van der Waals surface area (Å²) in [5.41, 5.74) is -2.12.